The number of thiophene rings is 1. The second kappa shape index (κ2) is 4.97. The van der Waals surface area contributed by atoms with Gasteiger partial charge in [-0.15, -0.1) is 11.3 Å². The normalized spacial score (nSPS) is 13.3. The number of pyridine rings is 1. The molecule has 1 aromatic carbocycles. The Morgan fingerprint density at radius 1 is 1.19 bits per heavy atom. The van der Waals surface area contributed by atoms with Crippen molar-refractivity contribution >= 4 is 33.8 Å². The standard InChI is InChI=1S/C17H14N2OS/c20-17(16-9-12-5-3-7-15(12)21-16)19-13-8-11-4-1-2-6-14(11)18-10-13/h1-2,4,6,8-10H,3,5,7H2,(H,19,20). The van der Waals surface area contributed by atoms with Crippen molar-refractivity contribution in [1.29, 1.82) is 0 Å². The average molecular weight is 294 g/mol. The monoisotopic (exact) mass is 294 g/mol. The van der Waals surface area contributed by atoms with Gasteiger partial charge in [0.2, 0.25) is 0 Å². The van der Waals surface area contributed by atoms with Crippen LogP contribution in [0.5, 0.6) is 0 Å². The molecule has 4 heteroatoms. The molecule has 4 rings (SSSR count). The quantitative estimate of drug-likeness (QED) is 0.775. The summed E-state index contributed by atoms with van der Waals surface area (Å²) in [4.78, 5) is 18.9. The fourth-order valence-electron chi connectivity index (χ4n) is 2.77. The third-order valence-electron chi connectivity index (χ3n) is 3.82. The van der Waals surface area contributed by atoms with Gasteiger partial charge in [0.1, 0.15) is 0 Å². The number of amides is 1. The van der Waals surface area contributed by atoms with Gasteiger partial charge < -0.3 is 5.32 Å². The van der Waals surface area contributed by atoms with Crippen molar-refractivity contribution in [2.45, 2.75) is 19.3 Å². The molecule has 1 aliphatic carbocycles. The highest BCUT2D eigenvalue weighted by Gasteiger charge is 2.18. The molecular formula is C17H14N2OS. The number of benzene rings is 1. The van der Waals surface area contributed by atoms with Crippen molar-refractivity contribution in [2.24, 2.45) is 0 Å². The molecule has 0 spiro atoms. The lowest BCUT2D eigenvalue weighted by atomic mass is 10.2. The zero-order valence-electron chi connectivity index (χ0n) is 11.4. The molecule has 1 amide bonds. The van der Waals surface area contributed by atoms with Crippen LogP contribution in [0.25, 0.3) is 10.9 Å². The Kier molecular flexibility index (Phi) is 2.97. The summed E-state index contributed by atoms with van der Waals surface area (Å²) in [6, 6.07) is 11.9. The molecule has 104 valence electrons. The third kappa shape index (κ3) is 2.32. The van der Waals surface area contributed by atoms with E-state index in [0.717, 1.165) is 34.3 Å². The Balaban J connectivity index is 1.59. The zero-order chi connectivity index (χ0) is 14.2. The largest absolute Gasteiger partial charge is 0.320 e. The van der Waals surface area contributed by atoms with E-state index in [1.165, 1.54) is 16.9 Å². The fourth-order valence-corrected chi connectivity index (χ4v) is 3.92. The maximum Gasteiger partial charge on any atom is 0.265 e. The van der Waals surface area contributed by atoms with E-state index in [9.17, 15) is 4.79 Å². The molecule has 3 nitrogen and oxygen atoms in total. The van der Waals surface area contributed by atoms with Crippen molar-refractivity contribution in [3.8, 4) is 0 Å². The first kappa shape index (κ1) is 12.5. The van der Waals surface area contributed by atoms with E-state index in [0.29, 0.717) is 0 Å². The Morgan fingerprint density at radius 3 is 3.00 bits per heavy atom. The molecule has 2 aromatic heterocycles. The molecule has 0 unspecified atom stereocenters. The minimum Gasteiger partial charge on any atom is -0.320 e. The number of aryl methyl sites for hydroxylation is 2. The average Bonchev–Trinajstić information content (AvgIpc) is 3.08. The summed E-state index contributed by atoms with van der Waals surface area (Å²) in [5.41, 5.74) is 3.03. The van der Waals surface area contributed by atoms with Crippen LogP contribution in [0.1, 0.15) is 26.5 Å². The number of carbonyl (C=O) groups is 1. The van der Waals surface area contributed by atoms with E-state index in [-0.39, 0.29) is 5.91 Å². The molecule has 1 aliphatic rings. The number of para-hydroxylation sites is 1. The topological polar surface area (TPSA) is 42.0 Å². The van der Waals surface area contributed by atoms with Gasteiger partial charge in [-0.05, 0) is 43.0 Å². The number of hydrogen-bond acceptors (Lipinski definition) is 3. The smallest absolute Gasteiger partial charge is 0.265 e. The van der Waals surface area contributed by atoms with Gasteiger partial charge in [-0.2, -0.15) is 0 Å². The molecule has 0 radical (unpaired) electrons. The van der Waals surface area contributed by atoms with E-state index < -0.39 is 0 Å². The highest BCUT2D eigenvalue weighted by atomic mass is 32.1. The van der Waals surface area contributed by atoms with Gasteiger partial charge in [-0.3, -0.25) is 9.78 Å². The number of hydrogen-bond donors (Lipinski definition) is 1. The summed E-state index contributed by atoms with van der Waals surface area (Å²) >= 11 is 1.62. The minimum absolute atomic E-state index is 0.0357. The van der Waals surface area contributed by atoms with E-state index in [1.807, 2.05) is 36.4 Å². The first-order valence-electron chi connectivity index (χ1n) is 7.07. The van der Waals surface area contributed by atoms with Gasteiger partial charge in [0.25, 0.3) is 5.91 Å². The Labute approximate surface area is 126 Å². The van der Waals surface area contributed by atoms with Crippen LogP contribution >= 0.6 is 11.3 Å². The summed E-state index contributed by atoms with van der Waals surface area (Å²) < 4.78 is 0. The van der Waals surface area contributed by atoms with Crippen molar-refractivity contribution in [2.75, 3.05) is 5.32 Å². The van der Waals surface area contributed by atoms with Crippen molar-refractivity contribution < 1.29 is 4.79 Å². The molecule has 0 saturated carbocycles. The predicted octanol–water partition coefficient (Wildman–Crippen LogP) is 4.04. The van der Waals surface area contributed by atoms with Crippen molar-refractivity contribution in [3.05, 3.63) is 57.9 Å². The van der Waals surface area contributed by atoms with Crippen LogP contribution in [0.15, 0.2) is 42.6 Å². The number of fused-ring (bicyclic) bond motifs is 2. The molecule has 3 aromatic rings. The Hall–Kier alpha value is -2.20. The first-order chi connectivity index (χ1) is 10.3. The summed E-state index contributed by atoms with van der Waals surface area (Å²) in [7, 11) is 0. The lowest BCUT2D eigenvalue weighted by Crippen LogP contribution is -2.10. The zero-order valence-corrected chi connectivity index (χ0v) is 12.2. The Morgan fingerprint density at radius 2 is 2.10 bits per heavy atom. The molecule has 0 fully saturated rings. The van der Waals surface area contributed by atoms with Crippen LogP contribution < -0.4 is 5.32 Å². The molecule has 2 heterocycles. The Bertz CT molecular complexity index is 816. The van der Waals surface area contributed by atoms with Gasteiger partial charge in [0.05, 0.1) is 22.3 Å². The number of nitrogens with one attached hydrogen (secondary N) is 1. The summed E-state index contributed by atoms with van der Waals surface area (Å²) in [6.45, 7) is 0. The molecular weight excluding hydrogens is 280 g/mol. The van der Waals surface area contributed by atoms with E-state index in [1.54, 1.807) is 17.5 Å². The lowest BCUT2D eigenvalue weighted by molar-refractivity contribution is 0.103. The third-order valence-corrected chi connectivity index (χ3v) is 5.05. The van der Waals surface area contributed by atoms with Gasteiger partial charge in [-0.1, -0.05) is 18.2 Å². The van der Waals surface area contributed by atoms with E-state index >= 15 is 0 Å². The number of rotatable bonds is 2. The lowest BCUT2D eigenvalue weighted by Gasteiger charge is -2.04. The SMILES string of the molecule is O=C(Nc1cnc2ccccc2c1)c1cc2c(s1)CCC2. The number of aromatic nitrogens is 1. The maximum absolute atomic E-state index is 12.3. The highest BCUT2D eigenvalue weighted by molar-refractivity contribution is 7.14. The van der Waals surface area contributed by atoms with Crippen molar-refractivity contribution in [3.63, 3.8) is 0 Å². The predicted molar refractivity (Wildman–Crippen MR) is 86.0 cm³/mol. The molecule has 0 bridgehead atoms. The molecule has 0 saturated heterocycles. The molecule has 0 atom stereocenters. The van der Waals surface area contributed by atoms with E-state index in [2.05, 4.69) is 10.3 Å². The maximum atomic E-state index is 12.3. The van der Waals surface area contributed by atoms with Crippen LogP contribution in [-0.4, -0.2) is 10.9 Å². The van der Waals surface area contributed by atoms with Crippen molar-refractivity contribution in [1.82, 2.24) is 4.98 Å². The second-order valence-electron chi connectivity index (χ2n) is 5.28. The molecule has 21 heavy (non-hydrogen) atoms. The van der Waals surface area contributed by atoms with Gasteiger partial charge in [-0.25, -0.2) is 0 Å². The van der Waals surface area contributed by atoms with Crippen LogP contribution in [0.2, 0.25) is 0 Å². The number of nitrogens with zero attached hydrogens (tertiary/aromatic N) is 1. The number of anilines is 1. The second-order valence-corrected chi connectivity index (χ2v) is 6.42. The summed E-state index contributed by atoms with van der Waals surface area (Å²) in [5.74, 6) is -0.0357. The molecule has 1 N–H and O–H groups in total. The van der Waals surface area contributed by atoms with Crippen LogP contribution in [0.3, 0.4) is 0 Å². The highest BCUT2D eigenvalue weighted by Crippen LogP contribution is 2.31. The van der Waals surface area contributed by atoms with E-state index in [4.69, 9.17) is 0 Å². The van der Waals surface area contributed by atoms with Crippen LogP contribution in [0.4, 0.5) is 5.69 Å². The van der Waals surface area contributed by atoms with Crippen LogP contribution in [-0.2, 0) is 12.8 Å². The summed E-state index contributed by atoms with van der Waals surface area (Å²) in [5, 5.41) is 3.98. The van der Waals surface area contributed by atoms with Gasteiger partial charge in [0.15, 0.2) is 0 Å². The fraction of sp³-hybridized carbons (Fsp3) is 0.176. The van der Waals surface area contributed by atoms with Gasteiger partial charge in [0, 0.05) is 10.3 Å². The summed E-state index contributed by atoms with van der Waals surface area (Å²) in [6.07, 6.45) is 5.15. The first-order valence-corrected chi connectivity index (χ1v) is 7.89. The minimum atomic E-state index is -0.0357. The molecule has 0 aliphatic heterocycles. The number of carbonyl (C=O) groups excluding carboxylic acids is 1. The van der Waals surface area contributed by atoms with Crippen LogP contribution in [0, 0.1) is 0 Å². The van der Waals surface area contributed by atoms with Gasteiger partial charge >= 0.3 is 0 Å².